The molecule has 0 saturated carbocycles. The number of ether oxygens (including phenoxy) is 1. The van der Waals surface area contributed by atoms with Crippen LogP contribution < -0.4 is 21.9 Å². The van der Waals surface area contributed by atoms with Crippen molar-refractivity contribution >= 4 is 29.0 Å². The molecule has 0 bridgehead atoms. The fourth-order valence-corrected chi connectivity index (χ4v) is 1.44. The fourth-order valence-electron chi connectivity index (χ4n) is 1.44. The summed E-state index contributed by atoms with van der Waals surface area (Å²) in [4.78, 5) is 27.1. The molecule has 1 aromatic rings. The molecule has 0 fully saturated rings. The number of guanidine groups is 2. The van der Waals surface area contributed by atoms with Crippen LogP contribution in [0.25, 0.3) is 0 Å². The van der Waals surface area contributed by atoms with E-state index in [-0.39, 0.29) is 11.4 Å². The summed E-state index contributed by atoms with van der Waals surface area (Å²) in [6.07, 6.45) is 0. The fraction of sp³-hybridized carbons (Fsp3) is 0.111. The van der Waals surface area contributed by atoms with Gasteiger partial charge in [0, 0.05) is 0 Å². The zero-order valence-electron chi connectivity index (χ0n) is 10.7. The number of methoxy groups -OCH3 is 1. The second-order valence-electron chi connectivity index (χ2n) is 3.51. The highest BCUT2D eigenvalue weighted by Gasteiger charge is 2.33. The van der Waals surface area contributed by atoms with E-state index in [4.69, 9.17) is 21.9 Å². The van der Waals surface area contributed by atoms with E-state index in [2.05, 4.69) is 9.98 Å². The summed E-state index contributed by atoms with van der Waals surface area (Å²) in [5.41, 5.74) is 13.4. The monoisotopic (exact) mass is 297 g/mol. The van der Waals surface area contributed by atoms with Gasteiger partial charge in [-0.25, -0.2) is 4.99 Å². The molecule has 112 valence electrons. The molecule has 0 amide bonds. The molecule has 0 radical (unpaired) electrons. The van der Waals surface area contributed by atoms with E-state index < -0.39 is 33.1 Å². The van der Waals surface area contributed by atoms with Crippen molar-refractivity contribution in [3.05, 3.63) is 32.4 Å². The van der Waals surface area contributed by atoms with Crippen molar-refractivity contribution in [3.63, 3.8) is 0 Å². The number of hydrogen-bond acceptors (Lipinski definition) is 6. The lowest BCUT2D eigenvalue weighted by Crippen LogP contribution is -2.26. The van der Waals surface area contributed by atoms with E-state index in [9.17, 15) is 20.2 Å². The molecule has 0 saturated heterocycles. The first-order valence-corrected chi connectivity index (χ1v) is 5.21. The highest BCUT2D eigenvalue weighted by atomic mass is 16.6. The van der Waals surface area contributed by atoms with Crippen molar-refractivity contribution in [1.29, 1.82) is 0 Å². The zero-order valence-corrected chi connectivity index (χ0v) is 10.7. The quantitative estimate of drug-likeness (QED) is 0.291. The number of nitro groups is 2. The van der Waals surface area contributed by atoms with Gasteiger partial charge in [0.25, 0.3) is 0 Å². The van der Waals surface area contributed by atoms with E-state index in [0.29, 0.717) is 0 Å². The Hall–Kier alpha value is -3.44. The average molecular weight is 297 g/mol. The van der Waals surface area contributed by atoms with Gasteiger partial charge in [0.2, 0.25) is 11.7 Å². The summed E-state index contributed by atoms with van der Waals surface area (Å²) < 4.78 is 4.73. The van der Waals surface area contributed by atoms with Gasteiger partial charge < -0.3 is 21.9 Å². The minimum atomic E-state index is -0.970. The van der Waals surface area contributed by atoms with Gasteiger partial charge >= 0.3 is 11.4 Å². The minimum Gasteiger partial charge on any atom is -0.490 e. The van der Waals surface area contributed by atoms with Crippen molar-refractivity contribution in [2.24, 2.45) is 27.2 Å². The Balaban J connectivity index is 3.62. The Labute approximate surface area is 117 Å². The Kier molecular flexibility index (Phi) is 4.56. The summed E-state index contributed by atoms with van der Waals surface area (Å²) in [7, 11) is 1.14. The third kappa shape index (κ3) is 3.52. The summed E-state index contributed by atoms with van der Waals surface area (Å²) in [5, 5.41) is 22.1. The van der Waals surface area contributed by atoms with Crippen molar-refractivity contribution in [1.82, 2.24) is 0 Å². The van der Waals surface area contributed by atoms with Crippen LogP contribution >= 0.6 is 0 Å². The Bertz CT molecular complexity index is 650. The normalized spacial score (nSPS) is 10.8. The van der Waals surface area contributed by atoms with Gasteiger partial charge in [0.15, 0.2) is 11.6 Å². The van der Waals surface area contributed by atoms with E-state index in [0.717, 1.165) is 19.2 Å². The molecule has 0 aliphatic heterocycles. The maximum absolute atomic E-state index is 11.1. The largest absolute Gasteiger partial charge is 0.490 e. The number of benzene rings is 1. The Morgan fingerprint density at radius 3 is 2.14 bits per heavy atom. The minimum absolute atomic E-state index is 0.286. The standard InChI is InChI=1S/C9H11N7O5/c1-21-5-3-2-4(13-9(12)14-8(10)11)6(15(17)18)7(5)16(19)20/h2-3H,1H3,(H6,10,11,12,13,14). The number of rotatable bonds is 4. The Morgan fingerprint density at radius 2 is 1.71 bits per heavy atom. The predicted molar refractivity (Wildman–Crippen MR) is 73.4 cm³/mol. The third-order valence-corrected chi connectivity index (χ3v) is 2.16. The second-order valence-corrected chi connectivity index (χ2v) is 3.51. The van der Waals surface area contributed by atoms with Gasteiger partial charge in [-0.1, -0.05) is 0 Å². The van der Waals surface area contributed by atoms with Crippen LogP contribution in [0, 0.1) is 20.2 Å². The molecule has 0 atom stereocenters. The van der Waals surface area contributed by atoms with Crippen molar-refractivity contribution in [3.8, 4) is 5.75 Å². The highest BCUT2D eigenvalue weighted by Crippen LogP contribution is 2.43. The van der Waals surface area contributed by atoms with Crippen LogP contribution in [0.2, 0.25) is 0 Å². The summed E-state index contributed by atoms with van der Waals surface area (Å²) in [6, 6.07) is 2.27. The number of nitrogens with zero attached hydrogens (tertiary/aromatic N) is 4. The first-order valence-electron chi connectivity index (χ1n) is 5.21. The first-order chi connectivity index (χ1) is 9.77. The van der Waals surface area contributed by atoms with Gasteiger partial charge in [0.1, 0.15) is 0 Å². The number of hydrogen-bond donors (Lipinski definition) is 3. The van der Waals surface area contributed by atoms with Gasteiger partial charge in [-0.05, 0) is 12.1 Å². The molecule has 0 unspecified atom stereocenters. The molecule has 21 heavy (non-hydrogen) atoms. The second kappa shape index (κ2) is 6.14. The van der Waals surface area contributed by atoms with E-state index in [1.807, 2.05) is 0 Å². The summed E-state index contributed by atoms with van der Waals surface area (Å²) >= 11 is 0. The molecular formula is C9H11N7O5. The SMILES string of the molecule is COc1ccc(N=C(N)N=C(N)N)c([N+](=O)[O-])c1[N+](=O)[O-]. The molecule has 0 aliphatic carbocycles. The van der Waals surface area contributed by atoms with Crippen LogP contribution in [0.5, 0.6) is 5.75 Å². The smallest absolute Gasteiger partial charge is 0.389 e. The molecule has 1 aromatic carbocycles. The third-order valence-electron chi connectivity index (χ3n) is 2.16. The van der Waals surface area contributed by atoms with E-state index >= 15 is 0 Å². The first kappa shape index (κ1) is 15.6. The lowest BCUT2D eigenvalue weighted by Gasteiger charge is -2.04. The molecule has 6 N–H and O–H groups in total. The van der Waals surface area contributed by atoms with Crippen LogP contribution in [0.4, 0.5) is 17.1 Å². The maximum atomic E-state index is 11.1. The summed E-state index contributed by atoms with van der Waals surface area (Å²) in [5.74, 6) is -1.19. The van der Waals surface area contributed by atoms with Crippen LogP contribution in [0.3, 0.4) is 0 Å². The predicted octanol–water partition coefficient (Wildman–Crippen LogP) is -0.269. The van der Waals surface area contributed by atoms with Crippen LogP contribution in [-0.4, -0.2) is 28.9 Å². The van der Waals surface area contributed by atoms with Gasteiger partial charge in [-0.3, -0.25) is 20.2 Å². The molecular weight excluding hydrogens is 286 g/mol. The van der Waals surface area contributed by atoms with Crippen molar-refractivity contribution < 1.29 is 14.6 Å². The molecule has 0 heterocycles. The molecule has 1 rings (SSSR count). The van der Waals surface area contributed by atoms with Gasteiger partial charge in [0.05, 0.1) is 17.0 Å². The lowest BCUT2D eigenvalue weighted by atomic mass is 10.2. The highest BCUT2D eigenvalue weighted by molar-refractivity contribution is 5.94. The van der Waals surface area contributed by atoms with Crippen LogP contribution in [0.15, 0.2) is 22.1 Å². The van der Waals surface area contributed by atoms with E-state index in [1.54, 1.807) is 0 Å². The number of nitro benzene ring substituents is 2. The molecule has 0 aliphatic rings. The van der Waals surface area contributed by atoms with E-state index in [1.165, 1.54) is 0 Å². The maximum Gasteiger partial charge on any atom is 0.389 e. The summed E-state index contributed by atoms with van der Waals surface area (Å²) in [6.45, 7) is 0. The Morgan fingerprint density at radius 1 is 1.14 bits per heavy atom. The molecule has 12 nitrogen and oxygen atoms in total. The van der Waals surface area contributed by atoms with Crippen molar-refractivity contribution in [2.45, 2.75) is 0 Å². The number of nitrogens with two attached hydrogens (primary N) is 3. The molecule has 0 aromatic heterocycles. The molecule has 0 spiro atoms. The zero-order chi connectivity index (χ0) is 16.2. The topological polar surface area (TPSA) is 198 Å². The van der Waals surface area contributed by atoms with Crippen molar-refractivity contribution in [2.75, 3.05) is 7.11 Å². The van der Waals surface area contributed by atoms with Gasteiger partial charge in [-0.15, -0.1) is 0 Å². The average Bonchev–Trinajstić information content (AvgIpc) is 2.36. The number of aliphatic imine (C=N–C) groups is 2. The lowest BCUT2D eigenvalue weighted by molar-refractivity contribution is -0.422. The van der Waals surface area contributed by atoms with Crippen LogP contribution in [-0.2, 0) is 0 Å². The van der Waals surface area contributed by atoms with Crippen LogP contribution in [0.1, 0.15) is 0 Å². The van der Waals surface area contributed by atoms with Gasteiger partial charge in [-0.2, -0.15) is 4.99 Å². The molecule has 12 heteroatoms.